The largest absolute Gasteiger partial charge is 0.491 e. The predicted octanol–water partition coefficient (Wildman–Crippen LogP) is 7.41. The SMILES string of the molecule is CCC(c1nnc(-c2ccc(OC(C)C)cc2)[nH]1)C1CCC(c2ccnc3ccc(F)cc23)CC1. The van der Waals surface area contributed by atoms with Crippen molar-refractivity contribution < 1.29 is 9.13 Å². The fraction of sp³-hybridized carbons (Fsp3) is 0.414. The number of halogens is 1. The van der Waals surface area contributed by atoms with Crippen LogP contribution in [0.5, 0.6) is 5.75 Å². The van der Waals surface area contributed by atoms with Crippen LogP contribution in [0, 0.1) is 11.7 Å². The average Bonchev–Trinajstić information content (AvgIpc) is 3.34. The van der Waals surface area contributed by atoms with Crippen LogP contribution < -0.4 is 4.74 Å². The molecular formula is C29H33FN4O. The highest BCUT2D eigenvalue weighted by Gasteiger charge is 2.31. The van der Waals surface area contributed by atoms with Gasteiger partial charge in [0.2, 0.25) is 0 Å². The molecule has 1 N–H and O–H groups in total. The van der Waals surface area contributed by atoms with Gasteiger partial charge in [0.15, 0.2) is 5.82 Å². The van der Waals surface area contributed by atoms with Gasteiger partial charge in [-0.3, -0.25) is 4.98 Å². The molecule has 5 rings (SSSR count). The van der Waals surface area contributed by atoms with E-state index < -0.39 is 0 Å². The van der Waals surface area contributed by atoms with E-state index in [0.717, 1.165) is 66.0 Å². The molecule has 1 saturated carbocycles. The number of rotatable bonds is 7. The first-order chi connectivity index (χ1) is 17.0. The number of nitrogens with zero attached hydrogens (tertiary/aromatic N) is 3. The highest BCUT2D eigenvalue weighted by molar-refractivity contribution is 5.82. The summed E-state index contributed by atoms with van der Waals surface area (Å²) in [5.74, 6) is 3.79. The summed E-state index contributed by atoms with van der Waals surface area (Å²) < 4.78 is 19.7. The van der Waals surface area contributed by atoms with Gasteiger partial charge in [0, 0.05) is 23.1 Å². The molecule has 2 aromatic carbocycles. The maximum absolute atomic E-state index is 13.9. The lowest BCUT2D eigenvalue weighted by molar-refractivity contribution is 0.242. The van der Waals surface area contributed by atoms with Crippen LogP contribution in [0.2, 0.25) is 0 Å². The Morgan fingerprint density at radius 3 is 2.49 bits per heavy atom. The van der Waals surface area contributed by atoms with E-state index in [9.17, 15) is 4.39 Å². The van der Waals surface area contributed by atoms with Crippen LogP contribution in [-0.2, 0) is 0 Å². The first kappa shape index (κ1) is 23.5. The Morgan fingerprint density at radius 2 is 1.77 bits per heavy atom. The molecule has 4 aromatic rings. The maximum Gasteiger partial charge on any atom is 0.161 e. The second kappa shape index (κ2) is 10.1. The van der Waals surface area contributed by atoms with Crippen molar-refractivity contribution >= 4 is 10.9 Å². The van der Waals surface area contributed by atoms with E-state index in [2.05, 4.69) is 33.2 Å². The van der Waals surface area contributed by atoms with Crippen molar-refractivity contribution in [3.8, 4) is 17.1 Å². The van der Waals surface area contributed by atoms with E-state index >= 15 is 0 Å². The second-order valence-corrected chi connectivity index (χ2v) is 9.94. The Morgan fingerprint density at radius 1 is 1.00 bits per heavy atom. The quantitative estimate of drug-likeness (QED) is 0.304. The summed E-state index contributed by atoms with van der Waals surface area (Å²) in [5, 5.41) is 9.96. The summed E-state index contributed by atoms with van der Waals surface area (Å²) in [4.78, 5) is 7.92. The summed E-state index contributed by atoms with van der Waals surface area (Å²) in [6.07, 6.45) is 7.46. The Balaban J connectivity index is 1.28. The molecule has 182 valence electrons. The van der Waals surface area contributed by atoms with Gasteiger partial charge < -0.3 is 9.72 Å². The van der Waals surface area contributed by atoms with Gasteiger partial charge in [-0.15, -0.1) is 10.2 Å². The van der Waals surface area contributed by atoms with Gasteiger partial charge in [-0.05, 0) is 112 Å². The van der Waals surface area contributed by atoms with Crippen LogP contribution in [0.3, 0.4) is 0 Å². The van der Waals surface area contributed by atoms with E-state index in [0.29, 0.717) is 17.8 Å². The zero-order valence-electron chi connectivity index (χ0n) is 20.7. The van der Waals surface area contributed by atoms with Crippen molar-refractivity contribution in [2.24, 2.45) is 5.92 Å². The molecule has 6 heteroatoms. The van der Waals surface area contributed by atoms with Crippen LogP contribution in [-0.4, -0.2) is 26.3 Å². The normalized spacial score (nSPS) is 19.2. The lowest BCUT2D eigenvalue weighted by Gasteiger charge is -2.33. The molecule has 1 aliphatic rings. The number of hydrogen-bond acceptors (Lipinski definition) is 4. The minimum absolute atomic E-state index is 0.150. The molecule has 0 radical (unpaired) electrons. The highest BCUT2D eigenvalue weighted by atomic mass is 19.1. The van der Waals surface area contributed by atoms with Gasteiger partial charge in [-0.25, -0.2) is 4.39 Å². The first-order valence-electron chi connectivity index (χ1n) is 12.8. The Hall–Kier alpha value is -3.28. The minimum Gasteiger partial charge on any atom is -0.491 e. The van der Waals surface area contributed by atoms with E-state index in [1.165, 1.54) is 11.6 Å². The molecule has 0 spiro atoms. The summed E-state index contributed by atoms with van der Waals surface area (Å²) in [6, 6.07) is 15.0. The molecule has 2 aromatic heterocycles. The lowest BCUT2D eigenvalue weighted by Crippen LogP contribution is -2.20. The van der Waals surface area contributed by atoms with Crippen molar-refractivity contribution in [1.29, 1.82) is 0 Å². The number of benzene rings is 2. The molecule has 1 aliphatic carbocycles. The van der Waals surface area contributed by atoms with Crippen LogP contribution in [0.4, 0.5) is 4.39 Å². The van der Waals surface area contributed by atoms with E-state index in [1.807, 2.05) is 44.3 Å². The molecule has 1 unspecified atom stereocenters. The zero-order chi connectivity index (χ0) is 24.4. The van der Waals surface area contributed by atoms with Gasteiger partial charge >= 0.3 is 0 Å². The lowest BCUT2D eigenvalue weighted by atomic mass is 9.72. The third kappa shape index (κ3) is 5.07. The molecule has 2 heterocycles. The van der Waals surface area contributed by atoms with E-state index in [4.69, 9.17) is 4.74 Å². The number of nitrogens with one attached hydrogen (secondary N) is 1. The minimum atomic E-state index is -0.199. The van der Waals surface area contributed by atoms with Crippen LogP contribution in [0.1, 0.15) is 76.1 Å². The topological polar surface area (TPSA) is 63.7 Å². The van der Waals surface area contributed by atoms with E-state index in [-0.39, 0.29) is 11.9 Å². The Kier molecular flexibility index (Phi) is 6.80. The summed E-state index contributed by atoms with van der Waals surface area (Å²) in [7, 11) is 0. The van der Waals surface area contributed by atoms with Gasteiger partial charge in [0.1, 0.15) is 17.4 Å². The van der Waals surface area contributed by atoms with Crippen molar-refractivity contribution in [3.05, 3.63) is 71.9 Å². The molecular weight excluding hydrogens is 439 g/mol. The number of pyridine rings is 1. The molecule has 1 atom stereocenters. The number of aromatic nitrogens is 4. The van der Waals surface area contributed by atoms with Crippen molar-refractivity contribution in [2.75, 3.05) is 0 Å². The first-order valence-corrected chi connectivity index (χ1v) is 12.8. The molecule has 1 fully saturated rings. The van der Waals surface area contributed by atoms with Gasteiger partial charge in [-0.1, -0.05) is 6.92 Å². The number of hydrogen-bond donors (Lipinski definition) is 1. The molecule has 0 amide bonds. The van der Waals surface area contributed by atoms with Crippen LogP contribution in [0.15, 0.2) is 54.7 Å². The Bertz CT molecular complexity index is 1280. The predicted molar refractivity (Wildman–Crippen MR) is 137 cm³/mol. The maximum atomic E-state index is 13.9. The fourth-order valence-corrected chi connectivity index (χ4v) is 5.61. The Labute approximate surface area is 206 Å². The monoisotopic (exact) mass is 472 g/mol. The molecule has 0 bridgehead atoms. The van der Waals surface area contributed by atoms with Gasteiger partial charge in [0.25, 0.3) is 0 Å². The van der Waals surface area contributed by atoms with E-state index in [1.54, 1.807) is 12.1 Å². The highest BCUT2D eigenvalue weighted by Crippen LogP contribution is 2.44. The average molecular weight is 473 g/mol. The number of ether oxygens (including phenoxy) is 1. The molecule has 0 aliphatic heterocycles. The standard InChI is InChI=1S/C29H33FN4O/c1-4-24(29-32-28(33-34-29)21-9-12-23(13-10-21)35-18(2)3)19-5-7-20(8-6-19)25-15-16-31-27-14-11-22(30)17-26(25)27/h9-20,24H,4-8H2,1-3H3,(H,32,33,34). The molecule has 35 heavy (non-hydrogen) atoms. The summed E-state index contributed by atoms with van der Waals surface area (Å²) in [5.41, 5.74) is 3.11. The number of aromatic amines is 1. The van der Waals surface area contributed by atoms with Crippen LogP contribution >= 0.6 is 0 Å². The number of H-pyrrole nitrogens is 1. The molecule has 5 nitrogen and oxygen atoms in total. The van der Waals surface area contributed by atoms with Crippen molar-refractivity contribution in [3.63, 3.8) is 0 Å². The summed E-state index contributed by atoms with van der Waals surface area (Å²) in [6.45, 7) is 6.28. The third-order valence-corrected chi connectivity index (χ3v) is 7.31. The zero-order valence-corrected chi connectivity index (χ0v) is 20.7. The fourth-order valence-electron chi connectivity index (χ4n) is 5.61. The smallest absolute Gasteiger partial charge is 0.161 e. The van der Waals surface area contributed by atoms with Gasteiger partial charge in [0.05, 0.1) is 11.6 Å². The second-order valence-electron chi connectivity index (χ2n) is 9.94. The van der Waals surface area contributed by atoms with Crippen molar-refractivity contribution in [2.45, 2.75) is 70.8 Å². The summed E-state index contributed by atoms with van der Waals surface area (Å²) >= 11 is 0. The number of fused-ring (bicyclic) bond motifs is 1. The van der Waals surface area contributed by atoms with Crippen LogP contribution in [0.25, 0.3) is 22.3 Å². The van der Waals surface area contributed by atoms with Gasteiger partial charge in [-0.2, -0.15) is 0 Å². The molecule has 0 saturated heterocycles. The third-order valence-electron chi connectivity index (χ3n) is 7.31. The van der Waals surface area contributed by atoms with Crippen molar-refractivity contribution in [1.82, 2.24) is 20.2 Å².